The smallest absolute Gasteiger partial charge is 0.338 e. The topological polar surface area (TPSA) is 48.0 Å². The summed E-state index contributed by atoms with van der Waals surface area (Å²) in [6.45, 7) is 11.7. The average Bonchev–Trinajstić information content (AvgIpc) is 3.27. The van der Waals surface area contributed by atoms with Crippen molar-refractivity contribution in [1.82, 2.24) is 4.90 Å². The van der Waals surface area contributed by atoms with Crippen LogP contribution in [0, 0.1) is 23.2 Å². The Hall–Kier alpha value is -2.24. The second-order valence-electron chi connectivity index (χ2n) is 12.4. The van der Waals surface area contributed by atoms with Crippen LogP contribution in [0.5, 0.6) is 11.5 Å². The zero-order chi connectivity index (χ0) is 25.7. The van der Waals surface area contributed by atoms with Crippen LogP contribution in [0.1, 0.15) is 62.9 Å². The van der Waals surface area contributed by atoms with E-state index in [1.807, 2.05) is 6.07 Å². The standard InChI is InChI=1S/C30H38ClNO4/c1-29(2,22-8-11-25-26(14-22)35-18-34-25)17-30(3,4)23-12-20-15-32(5)16-21(13-23)27(20)36-28(33)19-6-9-24(31)10-7-19/h6-11,14,20-21,23,27H,12-13,15-18H2,1-5H3/t20-,21+,23?,27?. The highest BCUT2D eigenvalue weighted by molar-refractivity contribution is 6.30. The molecule has 4 atom stereocenters. The zero-order valence-electron chi connectivity index (χ0n) is 22.1. The van der Waals surface area contributed by atoms with Gasteiger partial charge in [0, 0.05) is 29.9 Å². The zero-order valence-corrected chi connectivity index (χ0v) is 22.8. The molecule has 5 nitrogen and oxygen atoms in total. The number of piperidine rings is 1. The maximum atomic E-state index is 12.9. The number of carbonyl (C=O) groups excluding carboxylic acids is 1. The third-order valence-corrected chi connectivity index (χ3v) is 8.93. The summed E-state index contributed by atoms with van der Waals surface area (Å²) in [5.74, 6) is 2.70. The Morgan fingerprint density at radius 3 is 2.31 bits per heavy atom. The van der Waals surface area contributed by atoms with Crippen LogP contribution in [0.4, 0.5) is 0 Å². The van der Waals surface area contributed by atoms with Gasteiger partial charge in [0.1, 0.15) is 6.10 Å². The number of rotatable bonds is 6. The van der Waals surface area contributed by atoms with E-state index in [0.29, 0.717) is 35.1 Å². The van der Waals surface area contributed by atoms with E-state index < -0.39 is 0 Å². The van der Waals surface area contributed by atoms with E-state index in [1.165, 1.54) is 5.56 Å². The third kappa shape index (κ3) is 5.10. The first-order valence-electron chi connectivity index (χ1n) is 13.1. The lowest BCUT2D eigenvalue weighted by Crippen LogP contribution is -2.55. The number of carbonyl (C=O) groups is 1. The quantitative estimate of drug-likeness (QED) is 0.410. The van der Waals surface area contributed by atoms with Crippen molar-refractivity contribution in [2.24, 2.45) is 23.2 Å². The molecule has 6 heteroatoms. The maximum absolute atomic E-state index is 12.9. The fourth-order valence-corrected chi connectivity index (χ4v) is 7.15. The number of esters is 1. The number of halogens is 1. The van der Waals surface area contributed by atoms with Gasteiger partial charge in [-0.3, -0.25) is 0 Å². The molecule has 1 aliphatic carbocycles. The molecule has 36 heavy (non-hydrogen) atoms. The molecule has 0 aromatic heterocycles. The Morgan fingerprint density at radius 1 is 1.00 bits per heavy atom. The predicted molar refractivity (Wildman–Crippen MR) is 142 cm³/mol. The summed E-state index contributed by atoms with van der Waals surface area (Å²) in [6, 6.07) is 13.4. The van der Waals surface area contributed by atoms with E-state index in [-0.39, 0.29) is 22.9 Å². The van der Waals surface area contributed by atoms with Crippen LogP contribution in [0.3, 0.4) is 0 Å². The van der Waals surface area contributed by atoms with E-state index in [4.69, 9.17) is 25.8 Å². The first-order chi connectivity index (χ1) is 17.0. The minimum atomic E-state index is -0.238. The molecule has 2 aromatic carbocycles. The number of benzene rings is 2. The van der Waals surface area contributed by atoms with Crippen LogP contribution in [0.25, 0.3) is 0 Å². The Bertz CT molecular complexity index is 1100. The molecule has 1 saturated heterocycles. The summed E-state index contributed by atoms with van der Waals surface area (Å²) in [5, 5.41) is 0.622. The van der Waals surface area contributed by atoms with Gasteiger partial charge in [-0.25, -0.2) is 4.79 Å². The van der Waals surface area contributed by atoms with Crippen LogP contribution in [0.15, 0.2) is 42.5 Å². The number of ether oxygens (including phenoxy) is 3. The van der Waals surface area contributed by atoms with Crippen LogP contribution < -0.4 is 9.47 Å². The molecule has 3 aliphatic rings. The molecule has 1 saturated carbocycles. The second kappa shape index (κ2) is 9.57. The molecule has 2 unspecified atom stereocenters. The van der Waals surface area contributed by atoms with Crippen molar-refractivity contribution in [3.63, 3.8) is 0 Å². The van der Waals surface area contributed by atoms with Crippen LogP contribution >= 0.6 is 11.6 Å². The summed E-state index contributed by atoms with van der Waals surface area (Å²) in [4.78, 5) is 15.3. The normalized spacial score (nSPS) is 26.1. The van der Waals surface area contributed by atoms with Gasteiger partial charge in [-0.05, 0) is 85.0 Å². The van der Waals surface area contributed by atoms with Crippen molar-refractivity contribution in [3.05, 3.63) is 58.6 Å². The van der Waals surface area contributed by atoms with Gasteiger partial charge in [0.15, 0.2) is 11.5 Å². The second-order valence-corrected chi connectivity index (χ2v) is 12.8. The van der Waals surface area contributed by atoms with Crippen molar-refractivity contribution in [2.45, 2.75) is 58.5 Å². The summed E-state index contributed by atoms with van der Waals surface area (Å²) < 4.78 is 17.3. The van der Waals surface area contributed by atoms with E-state index in [1.54, 1.807) is 24.3 Å². The Kier molecular flexibility index (Phi) is 6.76. The summed E-state index contributed by atoms with van der Waals surface area (Å²) in [5.41, 5.74) is 1.98. The lowest BCUT2D eigenvalue weighted by atomic mass is 9.58. The summed E-state index contributed by atoms with van der Waals surface area (Å²) in [7, 11) is 2.19. The first kappa shape index (κ1) is 25.4. The lowest BCUT2D eigenvalue weighted by molar-refractivity contribution is -0.0919. The number of nitrogens with zero attached hydrogens (tertiary/aromatic N) is 1. The highest BCUT2D eigenvalue weighted by Gasteiger charge is 2.49. The predicted octanol–water partition coefficient (Wildman–Crippen LogP) is 6.58. The SMILES string of the molecule is CN1C[C@H]2CC(C(C)(C)CC(C)(C)c3ccc4c(c3)OCO4)C[C@@H](C1)C2OC(=O)c1ccc(Cl)cc1. The fraction of sp³-hybridized carbons (Fsp3) is 0.567. The molecule has 5 rings (SSSR count). The molecule has 2 bridgehead atoms. The average molecular weight is 512 g/mol. The van der Waals surface area contributed by atoms with Gasteiger partial charge < -0.3 is 19.1 Å². The Morgan fingerprint density at radius 2 is 1.64 bits per heavy atom. The minimum Gasteiger partial charge on any atom is -0.458 e. The van der Waals surface area contributed by atoms with Gasteiger partial charge >= 0.3 is 5.97 Å². The molecule has 0 amide bonds. The van der Waals surface area contributed by atoms with Crippen molar-refractivity contribution < 1.29 is 19.0 Å². The molecule has 0 spiro atoms. The number of fused-ring (bicyclic) bond motifs is 3. The Balaban J connectivity index is 1.29. The molecule has 2 aliphatic heterocycles. The van der Waals surface area contributed by atoms with Gasteiger partial charge in [-0.1, -0.05) is 45.4 Å². The lowest BCUT2D eigenvalue weighted by Gasteiger charge is -2.52. The molecule has 194 valence electrons. The van der Waals surface area contributed by atoms with Crippen molar-refractivity contribution >= 4 is 17.6 Å². The van der Waals surface area contributed by atoms with Crippen LogP contribution in [0.2, 0.25) is 5.02 Å². The summed E-state index contributed by atoms with van der Waals surface area (Å²) in [6.07, 6.45) is 3.18. The Labute approximate surface area is 220 Å². The van der Waals surface area contributed by atoms with Gasteiger partial charge in [0.25, 0.3) is 0 Å². The van der Waals surface area contributed by atoms with Gasteiger partial charge in [-0.2, -0.15) is 0 Å². The molecule has 2 heterocycles. The molecule has 2 fully saturated rings. The molecule has 0 radical (unpaired) electrons. The van der Waals surface area contributed by atoms with E-state index in [9.17, 15) is 4.79 Å². The number of likely N-dealkylation sites (tertiary alicyclic amines) is 1. The van der Waals surface area contributed by atoms with Gasteiger partial charge in [-0.15, -0.1) is 0 Å². The first-order valence-corrected chi connectivity index (χ1v) is 13.4. The molecular weight excluding hydrogens is 474 g/mol. The van der Waals surface area contributed by atoms with E-state index in [2.05, 4.69) is 51.8 Å². The molecular formula is C30H38ClNO4. The highest BCUT2D eigenvalue weighted by atomic mass is 35.5. The number of hydrogen-bond acceptors (Lipinski definition) is 5. The van der Waals surface area contributed by atoms with Gasteiger partial charge in [0.05, 0.1) is 5.56 Å². The number of hydrogen-bond donors (Lipinski definition) is 0. The maximum Gasteiger partial charge on any atom is 0.338 e. The third-order valence-electron chi connectivity index (χ3n) is 8.68. The van der Waals surface area contributed by atoms with Crippen LogP contribution in [-0.2, 0) is 10.2 Å². The molecule has 2 aromatic rings. The largest absolute Gasteiger partial charge is 0.458 e. The monoisotopic (exact) mass is 511 g/mol. The van der Waals surface area contributed by atoms with E-state index in [0.717, 1.165) is 43.9 Å². The fourth-order valence-electron chi connectivity index (χ4n) is 7.02. The van der Waals surface area contributed by atoms with Crippen LogP contribution in [-0.4, -0.2) is 43.9 Å². The van der Waals surface area contributed by atoms with Crippen molar-refractivity contribution in [3.8, 4) is 11.5 Å². The van der Waals surface area contributed by atoms with Gasteiger partial charge in [0.2, 0.25) is 6.79 Å². The molecule has 0 N–H and O–H groups in total. The van der Waals surface area contributed by atoms with E-state index >= 15 is 0 Å². The van der Waals surface area contributed by atoms with Crippen molar-refractivity contribution in [1.29, 1.82) is 0 Å². The van der Waals surface area contributed by atoms with Crippen molar-refractivity contribution in [2.75, 3.05) is 26.9 Å². The minimum absolute atomic E-state index is 0.00568. The highest BCUT2D eigenvalue weighted by Crippen LogP contribution is 2.51. The summed E-state index contributed by atoms with van der Waals surface area (Å²) >= 11 is 6.00.